The van der Waals surface area contributed by atoms with Crippen LogP contribution in [0.1, 0.15) is 39.5 Å². The summed E-state index contributed by atoms with van der Waals surface area (Å²) in [6.45, 7) is 8.69. The molecule has 1 aliphatic heterocycles. The molecule has 4 nitrogen and oxygen atoms in total. The van der Waals surface area contributed by atoms with E-state index in [0.29, 0.717) is 6.61 Å². The molecule has 4 heteroatoms. The number of piperidine rings is 1. The van der Waals surface area contributed by atoms with Crippen LogP contribution in [0.5, 0.6) is 0 Å². The van der Waals surface area contributed by atoms with Crippen LogP contribution < -0.4 is 5.32 Å². The molecule has 2 aliphatic rings. The highest BCUT2D eigenvalue weighted by Gasteiger charge is 2.33. The third kappa shape index (κ3) is 4.77. The Morgan fingerprint density at radius 3 is 2.58 bits per heavy atom. The van der Waals surface area contributed by atoms with E-state index in [4.69, 9.17) is 4.74 Å². The Hall–Kier alpha value is -0.610. The molecule has 0 amide bonds. The Balaban J connectivity index is 1.80. The molecule has 1 saturated carbocycles. The summed E-state index contributed by atoms with van der Waals surface area (Å²) >= 11 is 0. The summed E-state index contributed by atoms with van der Waals surface area (Å²) in [5.74, 6) is 0.761. The summed E-state index contributed by atoms with van der Waals surface area (Å²) in [7, 11) is 0. The second-order valence-corrected chi connectivity index (χ2v) is 6.03. The molecule has 1 unspecified atom stereocenters. The number of ether oxygens (including phenoxy) is 1. The summed E-state index contributed by atoms with van der Waals surface area (Å²) in [4.78, 5) is 14.3. The van der Waals surface area contributed by atoms with E-state index in [1.54, 1.807) is 0 Å². The molecule has 1 heterocycles. The number of carbonyl (C=O) groups is 1. The highest BCUT2D eigenvalue weighted by atomic mass is 16.5. The van der Waals surface area contributed by atoms with Crippen molar-refractivity contribution in [3.8, 4) is 0 Å². The molecular formula is C15H28N2O2. The van der Waals surface area contributed by atoms with E-state index >= 15 is 0 Å². The molecule has 1 aliphatic carbocycles. The van der Waals surface area contributed by atoms with Gasteiger partial charge in [-0.25, -0.2) is 0 Å². The number of esters is 1. The van der Waals surface area contributed by atoms with Gasteiger partial charge in [-0.2, -0.15) is 0 Å². The van der Waals surface area contributed by atoms with Crippen molar-refractivity contribution in [2.24, 2.45) is 11.8 Å². The van der Waals surface area contributed by atoms with Crippen LogP contribution in [0.15, 0.2) is 0 Å². The zero-order valence-corrected chi connectivity index (χ0v) is 12.4. The van der Waals surface area contributed by atoms with Crippen LogP contribution in [0.4, 0.5) is 0 Å². The number of hydrogen-bond acceptors (Lipinski definition) is 4. The van der Waals surface area contributed by atoms with E-state index < -0.39 is 0 Å². The fourth-order valence-electron chi connectivity index (χ4n) is 2.92. The zero-order chi connectivity index (χ0) is 13.7. The van der Waals surface area contributed by atoms with Crippen molar-refractivity contribution in [3.63, 3.8) is 0 Å². The summed E-state index contributed by atoms with van der Waals surface area (Å²) in [5.41, 5.74) is 0. The molecule has 19 heavy (non-hydrogen) atoms. The van der Waals surface area contributed by atoms with Crippen molar-refractivity contribution in [1.82, 2.24) is 10.2 Å². The van der Waals surface area contributed by atoms with Crippen molar-refractivity contribution in [2.75, 3.05) is 32.8 Å². The summed E-state index contributed by atoms with van der Waals surface area (Å²) in [6.07, 6.45) is 5.16. The molecule has 1 saturated heterocycles. The Kier molecular flexibility index (Phi) is 5.64. The van der Waals surface area contributed by atoms with Gasteiger partial charge < -0.3 is 10.1 Å². The smallest absolute Gasteiger partial charge is 0.309 e. The average Bonchev–Trinajstić information content (AvgIpc) is 3.23. The molecule has 1 N–H and O–H groups in total. The van der Waals surface area contributed by atoms with Gasteiger partial charge in [-0.3, -0.25) is 9.69 Å². The topological polar surface area (TPSA) is 41.6 Å². The fourth-order valence-corrected chi connectivity index (χ4v) is 2.92. The van der Waals surface area contributed by atoms with E-state index in [1.165, 1.54) is 25.7 Å². The number of hydrogen-bond donors (Lipinski definition) is 1. The van der Waals surface area contributed by atoms with E-state index in [1.807, 2.05) is 13.8 Å². The summed E-state index contributed by atoms with van der Waals surface area (Å²) < 4.78 is 5.12. The molecule has 0 aromatic carbocycles. The third-order valence-corrected chi connectivity index (χ3v) is 4.21. The third-order valence-electron chi connectivity index (χ3n) is 4.21. The van der Waals surface area contributed by atoms with E-state index in [0.717, 1.165) is 38.1 Å². The van der Waals surface area contributed by atoms with Crippen LogP contribution in [0.25, 0.3) is 0 Å². The van der Waals surface area contributed by atoms with Crippen molar-refractivity contribution in [2.45, 2.75) is 45.6 Å². The highest BCUT2D eigenvalue weighted by molar-refractivity contribution is 5.72. The Bertz CT molecular complexity index is 286. The van der Waals surface area contributed by atoms with E-state index in [-0.39, 0.29) is 11.9 Å². The number of nitrogens with one attached hydrogen (secondary N) is 1. The lowest BCUT2D eigenvalue weighted by Crippen LogP contribution is -2.40. The van der Waals surface area contributed by atoms with Crippen molar-refractivity contribution in [1.29, 1.82) is 0 Å². The number of rotatable bonds is 7. The van der Waals surface area contributed by atoms with Crippen molar-refractivity contribution < 1.29 is 9.53 Å². The van der Waals surface area contributed by atoms with Crippen LogP contribution in [-0.2, 0) is 9.53 Å². The van der Waals surface area contributed by atoms with Gasteiger partial charge in [-0.05, 0) is 51.6 Å². The molecule has 0 radical (unpaired) electrons. The van der Waals surface area contributed by atoms with Crippen LogP contribution in [0.3, 0.4) is 0 Å². The standard InChI is InChI=1S/C15H28N2O2/c1-3-19-15(18)12(2)10-17(14-4-5-14)11-13-6-8-16-9-7-13/h12-14,16H,3-11H2,1-2H3. The highest BCUT2D eigenvalue weighted by Crippen LogP contribution is 2.29. The zero-order valence-electron chi connectivity index (χ0n) is 12.4. The number of carbonyl (C=O) groups excluding carboxylic acids is 1. The van der Waals surface area contributed by atoms with Crippen molar-refractivity contribution in [3.05, 3.63) is 0 Å². The minimum atomic E-state index is -0.0431. The first-order chi connectivity index (χ1) is 9.20. The van der Waals surface area contributed by atoms with Gasteiger partial charge in [0.15, 0.2) is 0 Å². The maximum atomic E-state index is 11.8. The molecule has 110 valence electrons. The van der Waals surface area contributed by atoms with Gasteiger partial charge in [0.05, 0.1) is 12.5 Å². The lowest BCUT2D eigenvalue weighted by atomic mass is 9.97. The molecule has 0 bridgehead atoms. The molecule has 0 aromatic rings. The van der Waals surface area contributed by atoms with Crippen LogP contribution in [-0.4, -0.2) is 49.7 Å². The van der Waals surface area contributed by atoms with Crippen LogP contribution in [0, 0.1) is 11.8 Å². The largest absolute Gasteiger partial charge is 0.466 e. The first-order valence-corrected chi connectivity index (χ1v) is 7.82. The minimum Gasteiger partial charge on any atom is -0.466 e. The fraction of sp³-hybridized carbons (Fsp3) is 0.933. The second-order valence-electron chi connectivity index (χ2n) is 6.03. The first kappa shape index (κ1) is 14.8. The monoisotopic (exact) mass is 268 g/mol. The minimum absolute atomic E-state index is 0.00210. The molecule has 2 fully saturated rings. The lowest BCUT2D eigenvalue weighted by molar-refractivity contribution is -0.148. The van der Waals surface area contributed by atoms with Gasteiger partial charge in [0.25, 0.3) is 0 Å². The molecule has 2 rings (SSSR count). The maximum Gasteiger partial charge on any atom is 0.309 e. The molecule has 0 spiro atoms. The Morgan fingerprint density at radius 2 is 2.00 bits per heavy atom. The van der Waals surface area contributed by atoms with E-state index in [2.05, 4.69) is 10.2 Å². The van der Waals surface area contributed by atoms with Crippen molar-refractivity contribution >= 4 is 5.97 Å². The van der Waals surface area contributed by atoms with Crippen LogP contribution in [0.2, 0.25) is 0 Å². The molecule has 0 aromatic heterocycles. The van der Waals surface area contributed by atoms with Gasteiger partial charge in [0.2, 0.25) is 0 Å². The molecular weight excluding hydrogens is 240 g/mol. The maximum absolute atomic E-state index is 11.8. The van der Waals surface area contributed by atoms with Gasteiger partial charge in [-0.15, -0.1) is 0 Å². The predicted octanol–water partition coefficient (Wildman–Crippen LogP) is 1.65. The van der Waals surface area contributed by atoms with Crippen LogP contribution >= 0.6 is 0 Å². The quantitative estimate of drug-likeness (QED) is 0.713. The Morgan fingerprint density at radius 1 is 1.32 bits per heavy atom. The SMILES string of the molecule is CCOC(=O)C(C)CN(CC1CCNCC1)C1CC1. The second kappa shape index (κ2) is 7.25. The normalized spacial score (nSPS) is 22.5. The van der Waals surface area contributed by atoms with E-state index in [9.17, 15) is 4.79 Å². The average molecular weight is 268 g/mol. The van der Waals surface area contributed by atoms with Gasteiger partial charge in [0, 0.05) is 19.1 Å². The van der Waals surface area contributed by atoms with Gasteiger partial charge in [-0.1, -0.05) is 6.92 Å². The summed E-state index contributed by atoms with van der Waals surface area (Å²) in [6, 6.07) is 0.728. The lowest BCUT2D eigenvalue weighted by Gasteiger charge is -2.31. The summed E-state index contributed by atoms with van der Waals surface area (Å²) in [5, 5.41) is 3.42. The molecule has 1 atom stereocenters. The first-order valence-electron chi connectivity index (χ1n) is 7.82. The Labute approximate surface area is 116 Å². The van der Waals surface area contributed by atoms with Gasteiger partial charge >= 0.3 is 5.97 Å². The number of nitrogens with zero attached hydrogens (tertiary/aromatic N) is 1. The van der Waals surface area contributed by atoms with Gasteiger partial charge in [0.1, 0.15) is 0 Å². The predicted molar refractivity (Wildman–Crippen MR) is 76.0 cm³/mol.